The number of urea groups is 2. The number of hydrogen-bond acceptors (Lipinski definition) is 7. The van der Waals surface area contributed by atoms with Crippen molar-refractivity contribution in [1.29, 1.82) is 5.26 Å². The minimum absolute atomic E-state index is 0.0216. The van der Waals surface area contributed by atoms with E-state index >= 15 is 0 Å². The molecule has 5 rings (SSSR count). The van der Waals surface area contributed by atoms with E-state index < -0.39 is 39.7 Å². The molecule has 2 aromatic carbocycles. The van der Waals surface area contributed by atoms with Gasteiger partial charge < -0.3 is 5.32 Å². The minimum Gasteiger partial charge on any atom is -0.332 e. The zero-order valence-electron chi connectivity index (χ0n) is 22.4. The number of Topliss-reactive ketones (excluding diaryl/α,β-unsaturated/α-hetero) is 1. The zero-order valence-corrected chi connectivity index (χ0v) is 23.2. The van der Waals surface area contributed by atoms with E-state index in [1.807, 2.05) is 6.07 Å². The van der Waals surface area contributed by atoms with Crippen molar-refractivity contribution in [1.82, 2.24) is 15.2 Å². The van der Waals surface area contributed by atoms with Crippen LogP contribution in [-0.4, -0.2) is 42.4 Å². The van der Waals surface area contributed by atoms with Gasteiger partial charge in [0.15, 0.2) is 15.6 Å². The zero-order chi connectivity index (χ0) is 31.1. The number of rotatable bonds is 5. The standard InChI is InChI=1S/C29H22F3N5O5S/c1-43(41,42)22-10-9-20(34-16-22)15-35-27(39)37-26(18-7-5-17(14-33)6-8-18)25-23(11-12-24(25)38)36(28(37)40)21-4-2-3-19(13-21)29(30,31)32/h2-10,13,16,26H,11-12,15H2,1H3,(H,35,39). The van der Waals surface area contributed by atoms with Gasteiger partial charge in [0.2, 0.25) is 0 Å². The van der Waals surface area contributed by atoms with Crippen molar-refractivity contribution >= 4 is 33.4 Å². The maximum absolute atomic E-state index is 14.1. The minimum atomic E-state index is -4.71. The quantitative estimate of drug-likeness (QED) is 0.435. The highest BCUT2D eigenvalue weighted by atomic mass is 32.2. The third kappa shape index (κ3) is 5.71. The molecule has 1 aromatic heterocycles. The Balaban J connectivity index is 1.58. The normalized spacial score (nSPS) is 17.1. The first-order valence-electron chi connectivity index (χ1n) is 12.8. The summed E-state index contributed by atoms with van der Waals surface area (Å²) in [5.74, 6) is -0.385. The molecule has 2 aliphatic rings. The summed E-state index contributed by atoms with van der Waals surface area (Å²) in [6, 6.07) is 11.4. The van der Waals surface area contributed by atoms with Gasteiger partial charge in [-0.15, -0.1) is 0 Å². The Labute approximate surface area is 244 Å². The Morgan fingerprint density at radius 1 is 1.09 bits per heavy atom. The summed E-state index contributed by atoms with van der Waals surface area (Å²) in [6.07, 6.45) is -2.53. The number of alkyl halides is 3. The lowest BCUT2D eigenvalue weighted by Gasteiger charge is -2.41. The number of carbonyl (C=O) groups excluding carboxylic acids is 3. The molecule has 1 unspecified atom stereocenters. The number of pyridine rings is 1. The number of nitrogens with zero attached hydrogens (tertiary/aromatic N) is 4. The summed E-state index contributed by atoms with van der Waals surface area (Å²) >= 11 is 0. The summed E-state index contributed by atoms with van der Waals surface area (Å²) in [6.45, 7) is -0.240. The van der Waals surface area contributed by atoms with Crippen molar-refractivity contribution in [3.63, 3.8) is 0 Å². The molecule has 0 saturated carbocycles. The summed E-state index contributed by atoms with van der Waals surface area (Å²) < 4.78 is 64.1. The van der Waals surface area contributed by atoms with Crippen LogP contribution in [0.25, 0.3) is 0 Å². The second-order valence-corrected chi connectivity index (χ2v) is 11.9. The first-order chi connectivity index (χ1) is 20.3. The van der Waals surface area contributed by atoms with Crippen molar-refractivity contribution in [2.75, 3.05) is 11.2 Å². The van der Waals surface area contributed by atoms with Crippen LogP contribution in [0.2, 0.25) is 0 Å². The van der Waals surface area contributed by atoms with E-state index in [2.05, 4.69) is 10.3 Å². The number of ketones is 1. The number of aromatic nitrogens is 1. The van der Waals surface area contributed by atoms with E-state index in [1.54, 1.807) is 0 Å². The molecular formula is C29H22F3N5O5S. The Bertz CT molecular complexity index is 1810. The summed E-state index contributed by atoms with van der Waals surface area (Å²) in [4.78, 5) is 46.7. The first-order valence-corrected chi connectivity index (χ1v) is 14.7. The summed E-state index contributed by atoms with van der Waals surface area (Å²) in [5.41, 5.74) is -0.0353. The van der Waals surface area contributed by atoms with Gasteiger partial charge in [-0.25, -0.2) is 22.9 Å². The van der Waals surface area contributed by atoms with Gasteiger partial charge in [-0.2, -0.15) is 18.4 Å². The van der Waals surface area contributed by atoms with Crippen LogP contribution in [0.3, 0.4) is 0 Å². The molecule has 0 fully saturated rings. The SMILES string of the molecule is CS(=O)(=O)c1ccc(CNC(=O)N2C(=O)N(c3cccc(C(F)(F)F)c3)C3=C(C(=O)CC3)C2c2ccc(C#N)cc2)nc1. The van der Waals surface area contributed by atoms with Crippen LogP contribution in [0, 0.1) is 11.3 Å². The Hall–Kier alpha value is -5.03. The van der Waals surface area contributed by atoms with Crippen molar-refractivity contribution in [3.05, 3.63) is 101 Å². The van der Waals surface area contributed by atoms with E-state index in [1.165, 1.54) is 42.5 Å². The first kappa shape index (κ1) is 29.5. The molecule has 3 aromatic rings. The fourth-order valence-electron chi connectivity index (χ4n) is 5.00. The highest BCUT2D eigenvalue weighted by Crippen LogP contribution is 2.45. The largest absolute Gasteiger partial charge is 0.416 e. The fraction of sp³-hybridized carbons (Fsp3) is 0.207. The van der Waals surface area contributed by atoms with E-state index in [4.69, 9.17) is 0 Å². The molecule has 1 N–H and O–H groups in total. The van der Waals surface area contributed by atoms with Crippen molar-refractivity contribution in [2.45, 2.75) is 36.5 Å². The predicted molar refractivity (Wildman–Crippen MR) is 146 cm³/mol. The number of imide groups is 1. The number of anilines is 1. The third-order valence-electron chi connectivity index (χ3n) is 7.05. The number of sulfone groups is 1. The molecular weight excluding hydrogens is 587 g/mol. The van der Waals surface area contributed by atoms with Gasteiger partial charge in [-0.3, -0.25) is 14.7 Å². The van der Waals surface area contributed by atoms with Crippen LogP contribution in [0.5, 0.6) is 0 Å². The molecule has 0 saturated heterocycles. The van der Waals surface area contributed by atoms with Crippen molar-refractivity contribution < 1.29 is 36.0 Å². The average molecular weight is 610 g/mol. The molecule has 1 aliphatic heterocycles. The molecule has 0 bridgehead atoms. The molecule has 1 atom stereocenters. The smallest absolute Gasteiger partial charge is 0.332 e. The highest BCUT2D eigenvalue weighted by molar-refractivity contribution is 7.90. The number of halogens is 3. The molecule has 43 heavy (non-hydrogen) atoms. The van der Waals surface area contributed by atoms with Crippen LogP contribution in [0.15, 0.2) is 83.0 Å². The van der Waals surface area contributed by atoms with Gasteiger partial charge in [0.25, 0.3) is 0 Å². The maximum atomic E-state index is 14.1. The van der Waals surface area contributed by atoms with Crippen LogP contribution in [0.1, 0.15) is 41.3 Å². The number of nitriles is 1. The molecule has 10 nitrogen and oxygen atoms in total. The van der Waals surface area contributed by atoms with Gasteiger partial charge in [0, 0.05) is 30.1 Å². The number of carbonyl (C=O) groups is 3. The second-order valence-electron chi connectivity index (χ2n) is 9.87. The summed E-state index contributed by atoms with van der Waals surface area (Å²) in [5, 5.41) is 11.8. The average Bonchev–Trinajstić information content (AvgIpc) is 3.35. The van der Waals surface area contributed by atoms with Gasteiger partial charge in [0.05, 0.1) is 46.1 Å². The monoisotopic (exact) mass is 609 g/mol. The van der Waals surface area contributed by atoms with Crippen LogP contribution in [0.4, 0.5) is 28.4 Å². The number of allylic oxidation sites excluding steroid dienone is 1. The van der Waals surface area contributed by atoms with Gasteiger partial charge in [-0.1, -0.05) is 18.2 Å². The summed E-state index contributed by atoms with van der Waals surface area (Å²) in [7, 11) is -3.51. The Morgan fingerprint density at radius 3 is 2.42 bits per heavy atom. The number of nitrogens with one attached hydrogen (secondary N) is 1. The molecule has 2 heterocycles. The second kappa shape index (κ2) is 11.0. The van der Waals surface area contributed by atoms with Crippen LogP contribution < -0.4 is 10.2 Å². The van der Waals surface area contributed by atoms with E-state index in [0.717, 1.165) is 40.5 Å². The number of amides is 4. The molecule has 0 radical (unpaired) electrons. The van der Waals surface area contributed by atoms with E-state index in [0.29, 0.717) is 11.1 Å². The fourth-order valence-corrected chi connectivity index (χ4v) is 5.56. The number of hydrogen-bond donors (Lipinski definition) is 1. The Kier molecular flexibility index (Phi) is 7.53. The predicted octanol–water partition coefficient (Wildman–Crippen LogP) is 4.89. The van der Waals surface area contributed by atoms with Crippen molar-refractivity contribution in [3.8, 4) is 6.07 Å². The van der Waals surface area contributed by atoms with Crippen LogP contribution in [-0.2, 0) is 27.4 Å². The van der Waals surface area contributed by atoms with Crippen LogP contribution >= 0.6 is 0 Å². The van der Waals surface area contributed by atoms with E-state index in [-0.39, 0.29) is 52.7 Å². The van der Waals surface area contributed by atoms with Gasteiger partial charge in [-0.05, 0) is 54.4 Å². The lowest BCUT2D eigenvalue weighted by atomic mass is 9.92. The molecule has 14 heteroatoms. The number of benzene rings is 2. The van der Waals surface area contributed by atoms with Gasteiger partial charge in [0.1, 0.15) is 0 Å². The van der Waals surface area contributed by atoms with E-state index in [9.17, 15) is 41.2 Å². The topological polar surface area (TPSA) is 141 Å². The lowest BCUT2D eigenvalue weighted by Crippen LogP contribution is -2.55. The van der Waals surface area contributed by atoms with Gasteiger partial charge >= 0.3 is 18.2 Å². The molecule has 220 valence electrons. The highest BCUT2D eigenvalue weighted by Gasteiger charge is 2.48. The third-order valence-corrected chi connectivity index (χ3v) is 8.15. The maximum Gasteiger partial charge on any atom is 0.416 e. The van der Waals surface area contributed by atoms with Crippen molar-refractivity contribution in [2.24, 2.45) is 0 Å². The molecule has 4 amide bonds. The lowest BCUT2D eigenvalue weighted by molar-refractivity contribution is -0.137. The Morgan fingerprint density at radius 2 is 1.81 bits per heavy atom. The molecule has 0 spiro atoms. The molecule has 1 aliphatic carbocycles.